The second-order valence-corrected chi connectivity index (χ2v) is 4.80. The number of aromatic nitrogens is 2. The van der Waals surface area contributed by atoms with Crippen LogP contribution in [-0.4, -0.2) is 16.7 Å². The fourth-order valence-corrected chi connectivity index (χ4v) is 1.80. The molecule has 0 unspecified atom stereocenters. The lowest BCUT2D eigenvalue weighted by molar-refractivity contribution is 0.484. The van der Waals surface area contributed by atoms with E-state index in [1.807, 2.05) is 19.1 Å². The SMILES string of the molecule is CCNCc1nnc(Nc2ccc(Cl)c(Br)c2)o1. The number of halogens is 2. The van der Waals surface area contributed by atoms with Gasteiger partial charge in [0.25, 0.3) is 0 Å². The average Bonchev–Trinajstić information content (AvgIpc) is 2.79. The van der Waals surface area contributed by atoms with E-state index >= 15 is 0 Å². The molecule has 0 saturated carbocycles. The monoisotopic (exact) mass is 330 g/mol. The fourth-order valence-electron chi connectivity index (χ4n) is 1.30. The van der Waals surface area contributed by atoms with Gasteiger partial charge in [-0.25, -0.2) is 0 Å². The van der Waals surface area contributed by atoms with E-state index < -0.39 is 0 Å². The predicted octanol–water partition coefficient (Wildman–Crippen LogP) is 3.34. The van der Waals surface area contributed by atoms with Crippen molar-refractivity contribution in [3.8, 4) is 0 Å². The molecule has 0 amide bonds. The highest BCUT2D eigenvalue weighted by Gasteiger charge is 2.06. The normalized spacial score (nSPS) is 10.6. The summed E-state index contributed by atoms with van der Waals surface area (Å²) in [6, 6.07) is 5.82. The molecule has 0 atom stereocenters. The van der Waals surface area contributed by atoms with E-state index in [4.69, 9.17) is 16.0 Å². The van der Waals surface area contributed by atoms with Crippen LogP contribution < -0.4 is 10.6 Å². The molecule has 2 rings (SSSR count). The Labute approximate surface area is 118 Å². The third-order valence-electron chi connectivity index (χ3n) is 2.16. The molecule has 0 aliphatic heterocycles. The Bertz CT molecular complexity index is 532. The number of nitrogens with zero attached hydrogens (tertiary/aromatic N) is 2. The van der Waals surface area contributed by atoms with Gasteiger partial charge in [-0.15, -0.1) is 5.10 Å². The van der Waals surface area contributed by atoms with E-state index in [-0.39, 0.29) is 0 Å². The lowest BCUT2D eigenvalue weighted by atomic mass is 10.3. The van der Waals surface area contributed by atoms with Crippen molar-refractivity contribution < 1.29 is 4.42 Å². The summed E-state index contributed by atoms with van der Waals surface area (Å²) < 4.78 is 6.22. The molecule has 1 aromatic carbocycles. The zero-order valence-corrected chi connectivity index (χ0v) is 12.0. The van der Waals surface area contributed by atoms with E-state index in [1.165, 1.54) is 0 Å². The van der Waals surface area contributed by atoms with Gasteiger partial charge in [-0.1, -0.05) is 23.6 Å². The number of anilines is 2. The summed E-state index contributed by atoms with van der Waals surface area (Å²) in [6.45, 7) is 3.44. The van der Waals surface area contributed by atoms with Crippen LogP contribution in [0.4, 0.5) is 11.7 Å². The van der Waals surface area contributed by atoms with Crippen molar-refractivity contribution in [2.45, 2.75) is 13.5 Å². The summed E-state index contributed by atoms with van der Waals surface area (Å²) in [4.78, 5) is 0. The van der Waals surface area contributed by atoms with Crippen molar-refractivity contribution in [1.82, 2.24) is 15.5 Å². The van der Waals surface area contributed by atoms with Gasteiger partial charge in [0.2, 0.25) is 5.89 Å². The maximum atomic E-state index is 5.91. The zero-order chi connectivity index (χ0) is 13.0. The molecular weight excluding hydrogens is 320 g/mol. The summed E-state index contributed by atoms with van der Waals surface area (Å²) >= 11 is 9.26. The van der Waals surface area contributed by atoms with Crippen molar-refractivity contribution in [3.05, 3.63) is 33.6 Å². The standard InChI is InChI=1S/C11H12BrClN4O/c1-2-14-6-10-16-17-11(18-10)15-7-3-4-9(13)8(12)5-7/h3-5,14H,2,6H2,1H3,(H,15,17). The van der Waals surface area contributed by atoms with Crippen molar-refractivity contribution in [1.29, 1.82) is 0 Å². The molecule has 0 fully saturated rings. The Morgan fingerprint density at radius 2 is 2.22 bits per heavy atom. The molecule has 18 heavy (non-hydrogen) atoms. The van der Waals surface area contributed by atoms with Crippen LogP contribution >= 0.6 is 27.5 Å². The van der Waals surface area contributed by atoms with Crippen LogP contribution in [0, 0.1) is 0 Å². The number of nitrogens with one attached hydrogen (secondary N) is 2. The molecule has 2 N–H and O–H groups in total. The van der Waals surface area contributed by atoms with Gasteiger partial charge in [-0.3, -0.25) is 0 Å². The van der Waals surface area contributed by atoms with E-state index in [9.17, 15) is 0 Å². The molecular formula is C11H12BrClN4O. The second kappa shape index (κ2) is 6.17. The lowest BCUT2D eigenvalue weighted by Crippen LogP contribution is -2.11. The largest absolute Gasteiger partial charge is 0.406 e. The highest BCUT2D eigenvalue weighted by atomic mass is 79.9. The Morgan fingerprint density at radius 3 is 2.94 bits per heavy atom. The summed E-state index contributed by atoms with van der Waals surface area (Å²) in [6.07, 6.45) is 0. The first-order valence-corrected chi connectivity index (χ1v) is 6.61. The Balaban J connectivity index is 2.04. The molecule has 0 aliphatic carbocycles. The molecule has 1 heterocycles. The van der Waals surface area contributed by atoms with Crippen LogP contribution in [0.15, 0.2) is 27.1 Å². The van der Waals surface area contributed by atoms with Gasteiger partial charge < -0.3 is 15.1 Å². The van der Waals surface area contributed by atoms with E-state index in [2.05, 4.69) is 36.8 Å². The van der Waals surface area contributed by atoms with Crippen LogP contribution in [-0.2, 0) is 6.54 Å². The van der Waals surface area contributed by atoms with Crippen LogP contribution in [0.3, 0.4) is 0 Å². The molecule has 0 radical (unpaired) electrons. The minimum Gasteiger partial charge on any atom is -0.406 e. The maximum absolute atomic E-state index is 5.91. The molecule has 7 heteroatoms. The van der Waals surface area contributed by atoms with Crippen molar-refractivity contribution >= 4 is 39.2 Å². The Hall–Kier alpha value is -1.11. The van der Waals surface area contributed by atoms with Crippen LogP contribution in [0.5, 0.6) is 0 Å². The topological polar surface area (TPSA) is 63.0 Å². The van der Waals surface area contributed by atoms with E-state index in [0.29, 0.717) is 23.5 Å². The third-order valence-corrected chi connectivity index (χ3v) is 3.38. The van der Waals surface area contributed by atoms with Gasteiger partial charge >= 0.3 is 6.01 Å². The molecule has 5 nitrogen and oxygen atoms in total. The maximum Gasteiger partial charge on any atom is 0.320 e. The predicted molar refractivity (Wildman–Crippen MR) is 74.1 cm³/mol. The first kappa shape index (κ1) is 13.3. The minimum atomic E-state index is 0.358. The van der Waals surface area contributed by atoms with Crippen molar-refractivity contribution in [3.63, 3.8) is 0 Å². The Morgan fingerprint density at radius 1 is 1.39 bits per heavy atom. The molecule has 0 aliphatic rings. The second-order valence-electron chi connectivity index (χ2n) is 3.54. The summed E-state index contributed by atoms with van der Waals surface area (Å²) in [5, 5.41) is 14.6. The smallest absolute Gasteiger partial charge is 0.320 e. The van der Waals surface area contributed by atoms with Gasteiger partial charge in [0.05, 0.1) is 11.6 Å². The minimum absolute atomic E-state index is 0.358. The highest BCUT2D eigenvalue weighted by molar-refractivity contribution is 9.10. The van der Waals surface area contributed by atoms with Gasteiger partial charge in [0, 0.05) is 10.2 Å². The average molecular weight is 332 g/mol. The van der Waals surface area contributed by atoms with E-state index in [0.717, 1.165) is 16.7 Å². The van der Waals surface area contributed by atoms with Gasteiger partial charge in [0.1, 0.15) is 0 Å². The van der Waals surface area contributed by atoms with Crippen molar-refractivity contribution in [2.24, 2.45) is 0 Å². The summed E-state index contributed by atoms with van der Waals surface area (Å²) in [5.74, 6) is 0.548. The van der Waals surface area contributed by atoms with Gasteiger partial charge in [0.15, 0.2) is 0 Å². The third kappa shape index (κ3) is 3.44. The molecule has 1 aromatic heterocycles. The Kier molecular flexibility index (Phi) is 4.57. The molecule has 0 spiro atoms. The molecule has 0 bridgehead atoms. The van der Waals surface area contributed by atoms with Crippen LogP contribution in [0.25, 0.3) is 0 Å². The fraction of sp³-hybridized carbons (Fsp3) is 0.273. The van der Waals surface area contributed by atoms with Crippen LogP contribution in [0.2, 0.25) is 5.02 Å². The first-order chi connectivity index (χ1) is 8.69. The van der Waals surface area contributed by atoms with Gasteiger partial charge in [-0.05, 0) is 40.7 Å². The molecule has 0 saturated heterocycles. The summed E-state index contributed by atoms with van der Waals surface area (Å²) in [5.41, 5.74) is 0.824. The number of hydrogen-bond donors (Lipinski definition) is 2. The van der Waals surface area contributed by atoms with E-state index in [1.54, 1.807) is 6.07 Å². The first-order valence-electron chi connectivity index (χ1n) is 5.44. The molecule has 96 valence electrons. The number of benzene rings is 1. The quantitative estimate of drug-likeness (QED) is 0.880. The van der Waals surface area contributed by atoms with Gasteiger partial charge in [-0.2, -0.15) is 0 Å². The number of hydrogen-bond acceptors (Lipinski definition) is 5. The lowest BCUT2D eigenvalue weighted by Gasteiger charge is -2.02. The van der Waals surface area contributed by atoms with Crippen LogP contribution in [0.1, 0.15) is 12.8 Å². The molecule has 2 aromatic rings. The number of rotatable bonds is 5. The van der Waals surface area contributed by atoms with Crippen molar-refractivity contribution in [2.75, 3.05) is 11.9 Å². The highest BCUT2D eigenvalue weighted by Crippen LogP contribution is 2.26. The summed E-state index contributed by atoms with van der Waals surface area (Å²) in [7, 11) is 0. The zero-order valence-electron chi connectivity index (χ0n) is 9.70.